The number of carbonyl (C=O) groups is 1. The molecule has 1 unspecified atom stereocenters. The average molecular weight is 389 g/mol. The van der Waals surface area contributed by atoms with Crippen molar-refractivity contribution in [1.29, 1.82) is 0 Å². The first-order valence-corrected chi connectivity index (χ1v) is 9.88. The lowest BCUT2D eigenvalue weighted by molar-refractivity contribution is -0.135. The molecule has 146 valence electrons. The zero-order chi connectivity index (χ0) is 17.8. The SMILES string of the molecule is Cl.O=C(CC1COCCN1)N(Cc1cccc2ccccc12)C1CCCC1. The molecule has 27 heavy (non-hydrogen) atoms. The maximum Gasteiger partial charge on any atom is 0.224 e. The molecule has 5 heteroatoms. The number of amides is 1. The summed E-state index contributed by atoms with van der Waals surface area (Å²) in [7, 11) is 0. The number of fused-ring (bicyclic) bond motifs is 1. The largest absolute Gasteiger partial charge is 0.378 e. The van der Waals surface area contributed by atoms with Crippen molar-refractivity contribution in [3.05, 3.63) is 48.0 Å². The zero-order valence-electron chi connectivity index (χ0n) is 15.7. The minimum atomic E-state index is 0. The van der Waals surface area contributed by atoms with Gasteiger partial charge in [-0.3, -0.25) is 4.79 Å². The van der Waals surface area contributed by atoms with E-state index in [0.29, 0.717) is 25.6 Å². The van der Waals surface area contributed by atoms with Gasteiger partial charge < -0.3 is 15.0 Å². The maximum atomic E-state index is 13.2. The molecule has 4 rings (SSSR count). The first kappa shape index (κ1) is 20.1. The second-order valence-corrected chi connectivity index (χ2v) is 7.53. The molecule has 1 saturated heterocycles. The Labute approximate surface area is 167 Å². The third kappa shape index (κ3) is 4.81. The van der Waals surface area contributed by atoms with Crippen molar-refractivity contribution < 1.29 is 9.53 Å². The standard InChI is InChI=1S/C22H28N2O2.ClH/c25-22(14-19-16-26-13-12-23-19)24(20-9-2-3-10-20)15-18-8-5-7-17-6-1-4-11-21(17)18;/h1,4-8,11,19-20,23H,2-3,9-10,12-16H2;1H. The van der Waals surface area contributed by atoms with Gasteiger partial charge in [-0.2, -0.15) is 0 Å². The molecule has 1 N–H and O–H groups in total. The molecule has 0 spiro atoms. The van der Waals surface area contributed by atoms with Crippen LogP contribution in [-0.2, 0) is 16.1 Å². The second-order valence-electron chi connectivity index (χ2n) is 7.53. The lowest BCUT2D eigenvalue weighted by Crippen LogP contribution is -2.46. The Morgan fingerprint density at radius 1 is 1.11 bits per heavy atom. The Morgan fingerprint density at radius 2 is 1.89 bits per heavy atom. The number of ether oxygens (including phenoxy) is 1. The molecule has 2 fully saturated rings. The highest BCUT2D eigenvalue weighted by Crippen LogP contribution is 2.28. The lowest BCUT2D eigenvalue weighted by Gasteiger charge is -2.32. The van der Waals surface area contributed by atoms with Gasteiger partial charge in [0.1, 0.15) is 0 Å². The Balaban J connectivity index is 0.00000210. The lowest BCUT2D eigenvalue weighted by atomic mass is 10.0. The topological polar surface area (TPSA) is 41.6 Å². The summed E-state index contributed by atoms with van der Waals surface area (Å²) in [6.45, 7) is 2.93. The number of benzene rings is 2. The van der Waals surface area contributed by atoms with Crippen LogP contribution in [0.15, 0.2) is 42.5 Å². The second kappa shape index (κ2) is 9.54. The molecule has 0 bridgehead atoms. The summed E-state index contributed by atoms with van der Waals surface area (Å²) >= 11 is 0. The van der Waals surface area contributed by atoms with E-state index in [1.165, 1.54) is 29.2 Å². The predicted molar refractivity (Wildman–Crippen MR) is 111 cm³/mol. The first-order chi connectivity index (χ1) is 12.8. The van der Waals surface area contributed by atoms with Crippen LogP contribution in [0, 0.1) is 0 Å². The Morgan fingerprint density at radius 3 is 2.67 bits per heavy atom. The van der Waals surface area contributed by atoms with Gasteiger partial charge in [-0.15, -0.1) is 12.4 Å². The molecule has 1 saturated carbocycles. The number of hydrogen-bond donors (Lipinski definition) is 1. The molecule has 0 aromatic heterocycles. The van der Waals surface area contributed by atoms with E-state index < -0.39 is 0 Å². The van der Waals surface area contributed by atoms with E-state index in [2.05, 4.69) is 52.7 Å². The molecule has 2 aromatic rings. The molecule has 1 heterocycles. The number of nitrogens with one attached hydrogen (secondary N) is 1. The van der Waals surface area contributed by atoms with E-state index in [-0.39, 0.29) is 24.4 Å². The fourth-order valence-electron chi connectivity index (χ4n) is 4.33. The third-order valence-electron chi connectivity index (χ3n) is 5.73. The minimum Gasteiger partial charge on any atom is -0.378 e. The van der Waals surface area contributed by atoms with Gasteiger partial charge in [0.15, 0.2) is 0 Å². The molecule has 2 aromatic carbocycles. The number of hydrogen-bond acceptors (Lipinski definition) is 3. The van der Waals surface area contributed by atoms with Crippen molar-refractivity contribution in [1.82, 2.24) is 10.2 Å². The Hall–Kier alpha value is -1.62. The van der Waals surface area contributed by atoms with Crippen LogP contribution in [-0.4, -0.2) is 42.6 Å². The van der Waals surface area contributed by atoms with E-state index in [0.717, 1.165) is 26.0 Å². The summed E-state index contributed by atoms with van der Waals surface area (Å²) < 4.78 is 5.53. The average Bonchev–Trinajstić information content (AvgIpc) is 3.21. The summed E-state index contributed by atoms with van der Waals surface area (Å²) in [5.41, 5.74) is 1.25. The Bertz CT molecular complexity index is 750. The van der Waals surface area contributed by atoms with Crippen LogP contribution in [0.2, 0.25) is 0 Å². The molecule has 1 amide bonds. The van der Waals surface area contributed by atoms with Crippen molar-refractivity contribution in [3.8, 4) is 0 Å². The molecule has 1 aliphatic carbocycles. The van der Waals surface area contributed by atoms with E-state index in [9.17, 15) is 4.79 Å². The van der Waals surface area contributed by atoms with Crippen molar-refractivity contribution in [3.63, 3.8) is 0 Å². The zero-order valence-corrected chi connectivity index (χ0v) is 16.5. The van der Waals surface area contributed by atoms with Gasteiger partial charge in [0, 0.05) is 31.6 Å². The van der Waals surface area contributed by atoms with Gasteiger partial charge in [0.25, 0.3) is 0 Å². The third-order valence-corrected chi connectivity index (χ3v) is 5.73. The van der Waals surface area contributed by atoms with Crippen LogP contribution >= 0.6 is 12.4 Å². The van der Waals surface area contributed by atoms with Gasteiger partial charge in [-0.1, -0.05) is 55.3 Å². The molecule has 1 atom stereocenters. The van der Waals surface area contributed by atoms with Crippen molar-refractivity contribution in [2.75, 3.05) is 19.8 Å². The van der Waals surface area contributed by atoms with Crippen molar-refractivity contribution >= 4 is 29.1 Å². The number of halogens is 1. The summed E-state index contributed by atoms with van der Waals surface area (Å²) in [6.07, 6.45) is 5.25. The van der Waals surface area contributed by atoms with Crippen LogP contribution in [0.1, 0.15) is 37.7 Å². The highest BCUT2D eigenvalue weighted by Gasteiger charge is 2.29. The highest BCUT2D eigenvalue weighted by molar-refractivity contribution is 5.86. The number of nitrogens with zero attached hydrogens (tertiary/aromatic N) is 1. The number of morpholine rings is 1. The molecule has 2 aliphatic rings. The summed E-state index contributed by atoms with van der Waals surface area (Å²) in [6, 6.07) is 15.4. The van der Waals surface area contributed by atoms with Crippen LogP contribution < -0.4 is 5.32 Å². The fourth-order valence-corrected chi connectivity index (χ4v) is 4.33. The Kier molecular flexibility index (Phi) is 7.11. The van der Waals surface area contributed by atoms with Crippen LogP contribution in [0.5, 0.6) is 0 Å². The molecular weight excluding hydrogens is 360 g/mol. The minimum absolute atomic E-state index is 0. The van der Waals surface area contributed by atoms with E-state index in [4.69, 9.17) is 4.74 Å². The maximum absolute atomic E-state index is 13.2. The van der Waals surface area contributed by atoms with Crippen molar-refractivity contribution in [2.45, 2.75) is 50.7 Å². The highest BCUT2D eigenvalue weighted by atomic mass is 35.5. The monoisotopic (exact) mass is 388 g/mol. The van der Waals surface area contributed by atoms with E-state index in [1.807, 2.05) is 0 Å². The van der Waals surface area contributed by atoms with Crippen LogP contribution in [0.3, 0.4) is 0 Å². The van der Waals surface area contributed by atoms with E-state index in [1.54, 1.807) is 0 Å². The van der Waals surface area contributed by atoms with Gasteiger partial charge in [0.05, 0.1) is 13.2 Å². The quantitative estimate of drug-likeness (QED) is 0.844. The van der Waals surface area contributed by atoms with Gasteiger partial charge >= 0.3 is 0 Å². The van der Waals surface area contributed by atoms with Crippen LogP contribution in [0.4, 0.5) is 0 Å². The summed E-state index contributed by atoms with van der Waals surface area (Å²) in [5, 5.41) is 5.91. The normalized spacial score (nSPS) is 20.4. The molecule has 4 nitrogen and oxygen atoms in total. The smallest absolute Gasteiger partial charge is 0.224 e. The van der Waals surface area contributed by atoms with Gasteiger partial charge in [-0.05, 0) is 29.2 Å². The summed E-state index contributed by atoms with van der Waals surface area (Å²) in [4.78, 5) is 15.3. The predicted octanol–water partition coefficient (Wildman–Crippen LogP) is 3.91. The fraction of sp³-hybridized carbons (Fsp3) is 0.500. The van der Waals surface area contributed by atoms with Crippen LogP contribution in [0.25, 0.3) is 10.8 Å². The van der Waals surface area contributed by atoms with Gasteiger partial charge in [0.2, 0.25) is 5.91 Å². The molecule has 1 aliphatic heterocycles. The van der Waals surface area contributed by atoms with Gasteiger partial charge in [-0.25, -0.2) is 0 Å². The molecular formula is C22H29ClN2O2. The van der Waals surface area contributed by atoms with Crippen molar-refractivity contribution in [2.24, 2.45) is 0 Å². The first-order valence-electron chi connectivity index (χ1n) is 9.88. The number of rotatable bonds is 5. The van der Waals surface area contributed by atoms with E-state index >= 15 is 0 Å². The summed E-state index contributed by atoms with van der Waals surface area (Å²) in [5.74, 6) is 0.257. The number of carbonyl (C=O) groups excluding carboxylic acids is 1. The molecule has 0 radical (unpaired) electrons.